The highest BCUT2D eigenvalue weighted by molar-refractivity contribution is 5.35. The molecule has 0 bridgehead atoms. The summed E-state index contributed by atoms with van der Waals surface area (Å²) in [5.74, 6) is 0. The first-order chi connectivity index (χ1) is 6.07. The second kappa shape index (κ2) is 2.55. The van der Waals surface area contributed by atoms with E-state index in [-0.39, 0.29) is 5.41 Å². The second-order valence-electron chi connectivity index (χ2n) is 4.22. The highest BCUT2D eigenvalue weighted by Gasteiger charge is 2.15. The molecule has 0 aliphatic heterocycles. The van der Waals surface area contributed by atoms with E-state index < -0.39 is 0 Å². The molecule has 0 radical (unpaired) electrons. The van der Waals surface area contributed by atoms with Crippen LogP contribution in [0.4, 0.5) is 0 Å². The Labute approximate surface area is 77.4 Å². The maximum atomic E-state index is 4.37. The summed E-state index contributed by atoms with van der Waals surface area (Å²) in [6, 6.07) is 0. The second-order valence-corrected chi connectivity index (χ2v) is 4.22. The molecule has 0 aliphatic rings. The summed E-state index contributed by atoms with van der Waals surface area (Å²) in [5.41, 5.74) is 2.07. The monoisotopic (exact) mass is 175 g/mol. The molecule has 2 heterocycles. The van der Waals surface area contributed by atoms with Crippen molar-refractivity contribution >= 4 is 5.65 Å². The van der Waals surface area contributed by atoms with Gasteiger partial charge in [0, 0.05) is 24.0 Å². The van der Waals surface area contributed by atoms with Crippen LogP contribution in [0.3, 0.4) is 0 Å². The molecule has 0 aliphatic carbocycles. The van der Waals surface area contributed by atoms with Gasteiger partial charge in [0.2, 0.25) is 0 Å². The van der Waals surface area contributed by atoms with E-state index in [0.717, 1.165) is 11.3 Å². The van der Waals surface area contributed by atoms with Gasteiger partial charge < -0.3 is 4.40 Å². The number of hydrogen-bond acceptors (Lipinski definition) is 2. The van der Waals surface area contributed by atoms with E-state index in [1.54, 1.807) is 12.4 Å². The number of imidazole rings is 1. The van der Waals surface area contributed by atoms with Gasteiger partial charge in [-0.15, -0.1) is 0 Å². The van der Waals surface area contributed by atoms with Gasteiger partial charge >= 0.3 is 0 Å². The van der Waals surface area contributed by atoms with Crippen molar-refractivity contribution < 1.29 is 0 Å². The van der Waals surface area contributed by atoms with Gasteiger partial charge in [-0.25, -0.2) is 4.98 Å². The van der Waals surface area contributed by atoms with Crippen molar-refractivity contribution in [2.24, 2.45) is 0 Å². The molecule has 3 nitrogen and oxygen atoms in total. The van der Waals surface area contributed by atoms with Crippen molar-refractivity contribution in [1.29, 1.82) is 0 Å². The summed E-state index contributed by atoms with van der Waals surface area (Å²) in [5, 5.41) is 0. The van der Waals surface area contributed by atoms with Crippen LogP contribution in [0.5, 0.6) is 0 Å². The lowest BCUT2D eigenvalue weighted by Gasteiger charge is -2.17. The molecule has 0 N–H and O–H groups in total. The molecule has 2 aromatic rings. The first-order valence-corrected chi connectivity index (χ1v) is 4.36. The van der Waals surface area contributed by atoms with Gasteiger partial charge in [0.15, 0.2) is 5.65 Å². The molecule has 0 amide bonds. The minimum atomic E-state index is 0.0957. The SMILES string of the molecule is CC(C)(C)c1cn2ccnc2cn1. The predicted octanol–water partition coefficient (Wildman–Crippen LogP) is 2.03. The van der Waals surface area contributed by atoms with Crippen molar-refractivity contribution in [3.63, 3.8) is 0 Å². The van der Waals surface area contributed by atoms with Gasteiger partial charge in [-0.3, -0.25) is 4.98 Å². The zero-order chi connectivity index (χ0) is 9.47. The van der Waals surface area contributed by atoms with Crippen LogP contribution in [0.2, 0.25) is 0 Å². The quantitative estimate of drug-likeness (QED) is 0.613. The molecule has 0 saturated carbocycles. The zero-order valence-corrected chi connectivity index (χ0v) is 8.15. The van der Waals surface area contributed by atoms with Crippen LogP contribution in [0.25, 0.3) is 5.65 Å². The standard InChI is InChI=1S/C10H13N3/c1-10(2,3)8-7-13-5-4-11-9(13)6-12-8/h4-7H,1-3H3. The van der Waals surface area contributed by atoms with Crippen molar-refractivity contribution in [2.45, 2.75) is 26.2 Å². The zero-order valence-electron chi connectivity index (χ0n) is 8.15. The third-order valence-corrected chi connectivity index (χ3v) is 2.05. The van der Waals surface area contributed by atoms with Gasteiger partial charge in [-0.1, -0.05) is 20.8 Å². The highest BCUT2D eigenvalue weighted by Crippen LogP contribution is 2.19. The van der Waals surface area contributed by atoms with E-state index >= 15 is 0 Å². The summed E-state index contributed by atoms with van der Waals surface area (Å²) in [4.78, 5) is 8.51. The van der Waals surface area contributed by atoms with E-state index in [4.69, 9.17) is 0 Å². The van der Waals surface area contributed by atoms with Crippen LogP contribution in [0.1, 0.15) is 26.5 Å². The molecule has 0 saturated heterocycles. The van der Waals surface area contributed by atoms with Crippen LogP contribution < -0.4 is 0 Å². The molecular weight excluding hydrogens is 162 g/mol. The molecule has 68 valence electrons. The van der Waals surface area contributed by atoms with E-state index in [1.165, 1.54) is 0 Å². The summed E-state index contributed by atoms with van der Waals surface area (Å²) in [7, 11) is 0. The molecule has 3 heteroatoms. The topological polar surface area (TPSA) is 30.2 Å². The first kappa shape index (κ1) is 8.23. The molecule has 2 rings (SSSR count). The molecule has 0 unspecified atom stereocenters. The van der Waals surface area contributed by atoms with Crippen LogP contribution in [0.15, 0.2) is 24.8 Å². The van der Waals surface area contributed by atoms with Gasteiger partial charge in [0.1, 0.15) is 0 Å². The summed E-state index contributed by atoms with van der Waals surface area (Å²) < 4.78 is 1.99. The Hall–Kier alpha value is -1.38. The minimum absolute atomic E-state index is 0.0957. The van der Waals surface area contributed by atoms with Crippen LogP contribution in [-0.2, 0) is 5.41 Å². The fourth-order valence-corrected chi connectivity index (χ4v) is 1.21. The molecule has 0 fully saturated rings. The van der Waals surface area contributed by atoms with Gasteiger partial charge in [-0.2, -0.15) is 0 Å². The number of hydrogen-bond donors (Lipinski definition) is 0. The number of nitrogens with zero attached hydrogens (tertiary/aromatic N) is 3. The van der Waals surface area contributed by atoms with Crippen LogP contribution in [-0.4, -0.2) is 14.4 Å². The first-order valence-electron chi connectivity index (χ1n) is 4.36. The Bertz CT molecular complexity index is 423. The van der Waals surface area contributed by atoms with Crippen molar-refractivity contribution in [1.82, 2.24) is 14.4 Å². The fourth-order valence-electron chi connectivity index (χ4n) is 1.21. The summed E-state index contributed by atoms with van der Waals surface area (Å²) >= 11 is 0. The molecule has 13 heavy (non-hydrogen) atoms. The Kier molecular flexibility index (Phi) is 1.62. The Morgan fingerprint density at radius 2 is 2.00 bits per heavy atom. The largest absolute Gasteiger partial charge is 0.304 e. The summed E-state index contributed by atoms with van der Waals surface area (Å²) in [6.45, 7) is 6.45. The van der Waals surface area contributed by atoms with Crippen LogP contribution >= 0.6 is 0 Å². The third-order valence-electron chi connectivity index (χ3n) is 2.05. The Balaban J connectivity index is 2.61. The maximum absolute atomic E-state index is 4.37. The minimum Gasteiger partial charge on any atom is -0.304 e. The molecule has 0 aromatic carbocycles. The lowest BCUT2D eigenvalue weighted by atomic mass is 9.93. The number of rotatable bonds is 0. The number of aromatic nitrogens is 3. The molecule has 2 aromatic heterocycles. The normalized spacial score (nSPS) is 12.2. The third kappa shape index (κ3) is 1.41. The molecule has 0 spiro atoms. The Morgan fingerprint density at radius 3 is 2.69 bits per heavy atom. The van der Waals surface area contributed by atoms with E-state index in [2.05, 4.69) is 30.7 Å². The predicted molar refractivity (Wildman–Crippen MR) is 51.7 cm³/mol. The fraction of sp³-hybridized carbons (Fsp3) is 0.400. The highest BCUT2D eigenvalue weighted by atomic mass is 15.0. The maximum Gasteiger partial charge on any atom is 0.155 e. The van der Waals surface area contributed by atoms with Crippen LogP contribution in [0, 0.1) is 0 Å². The van der Waals surface area contributed by atoms with E-state index in [9.17, 15) is 0 Å². The lowest BCUT2D eigenvalue weighted by Crippen LogP contribution is -2.14. The molecule has 0 atom stereocenters. The molecular formula is C10H13N3. The van der Waals surface area contributed by atoms with Crippen molar-refractivity contribution in [3.05, 3.63) is 30.5 Å². The van der Waals surface area contributed by atoms with Crippen molar-refractivity contribution in [2.75, 3.05) is 0 Å². The van der Waals surface area contributed by atoms with Gasteiger partial charge in [0.25, 0.3) is 0 Å². The van der Waals surface area contributed by atoms with Gasteiger partial charge in [0.05, 0.1) is 11.9 Å². The van der Waals surface area contributed by atoms with Gasteiger partial charge in [-0.05, 0) is 0 Å². The average molecular weight is 175 g/mol. The Morgan fingerprint density at radius 1 is 1.23 bits per heavy atom. The lowest BCUT2D eigenvalue weighted by molar-refractivity contribution is 0.564. The van der Waals surface area contributed by atoms with E-state index in [1.807, 2.05) is 16.8 Å². The van der Waals surface area contributed by atoms with E-state index in [0.29, 0.717) is 0 Å². The van der Waals surface area contributed by atoms with Crippen molar-refractivity contribution in [3.8, 4) is 0 Å². The number of fused-ring (bicyclic) bond motifs is 1. The smallest absolute Gasteiger partial charge is 0.155 e. The summed E-state index contributed by atoms with van der Waals surface area (Å²) in [6.07, 6.45) is 7.55. The average Bonchev–Trinajstić information content (AvgIpc) is 2.47.